The highest BCUT2D eigenvalue weighted by atomic mass is 16.2. The van der Waals surface area contributed by atoms with Crippen LogP contribution in [-0.2, 0) is 0 Å². The summed E-state index contributed by atoms with van der Waals surface area (Å²) in [5, 5.41) is 6.72. The summed E-state index contributed by atoms with van der Waals surface area (Å²) in [5.74, 6) is 0.0855. The van der Waals surface area contributed by atoms with E-state index in [1.807, 2.05) is 11.8 Å². The lowest BCUT2D eigenvalue weighted by Crippen LogP contribution is -2.37. The van der Waals surface area contributed by atoms with Crippen LogP contribution in [0.2, 0.25) is 0 Å². The summed E-state index contributed by atoms with van der Waals surface area (Å²) >= 11 is 0. The number of hydrogen-bond acceptors (Lipinski definition) is 2. The van der Waals surface area contributed by atoms with Crippen molar-refractivity contribution in [1.82, 2.24) is 15.1 Å². The molecule has 0 saturated carbocycles. The molecule has 4 nitrogen and oxygen atoms in total. The molecule has 0 aromatic carbocycles. The molecule has 17 heavy (non-hydrogen) atoms. The fourth-order valence-electron chi connectivity index (χ4n) is 1.85. The second kappa shape index (κ2) is 6.42. The van der Waals surface area contributed by atoms with E-state index in [0.717, 1.165) is 18.7 Å². The molecule has 1 heterocycles. The van der Waals surface area contributed by atoms with E-state index in [1.165, 1.54) is 12.8 Å². The molecule has 1 aromatic heterocycles. The Balaban J connectivity index is 2.71. The van der Waals surface area contributed by atoms with E-state index in [1.54, 1.807) is 6.20 Å². The molecule has 0 aliphatic carbocycles. The molecule has 1 rings (SSSR count). The Labute approximate surface area is 103 Å². The molecule has 1 aromatic rings. The minimum Gasteiger partial charge on any atom is -0.336 e. The van der Waals surface area contributed by atoms with Gasteiger partial charge in [0.2, 0.25) is 0 Å². The zero-order valence-corrected chi connectivity index (χ0v) is 11.3. The summed E-state index contributed by atoms with van der Waals surface area (Å²) in [6.07, 6.45) is 5.02. The molecule has 0 radical (unpaired) electrons. The first-order chi connectivity index (χ1) is 8.07. The lowest BCUT2D eigenvalue weighted by Gasteiger charge is -2.26. The van der Waals surface area contributed by atoms with Crippen LogP contribution in [0.25, 0.3) is 0 Å². The molecule has 0 fully saturated rings. The van der Waals surface area contributed by atoms with Crippen molar-refractivity contribution in [3.8, 4) is 0 Å². The molecular formula is C13H23N3O. The zero-order chi connectivity index (χ0) is 12.8. The third-order valence-electron chi connectivity index (χ3n) is 2.95. The maximum Gasteiger partial charge on any atom is 0.257 e. The Hall–Kier alpha value is -1.32. The number of carbonyl (C=O) groups is 1. The van der Waals surface area contributed by atoms with Gasteiger partial charge in [-0.1, -0.05) is 19.8 Å². The third-order valence-corrected chi connectivity index (χ3v) is 2.95. The molecule has 0 aliphatic rings. The van der Waals surface area contributed by atoms with Gasteiger partial charge < -0.3 is 4.90 Å². The van der Waals surface area contributed by atoms with Crippen LogP contribution >= 0.6 is 0 Å². The van der Waals surface area contributed by atoms with Crippen LogP contribution in [0.1, 0.15) is 56.1 Å². The van der Waals surface area contributed by atoms with Crippen molar-refractivity contribution in [3.63, 3.8) is 0 Å². The van der Waals surface area contributed by atoms with Crippen molar-refractivity contribution in [2.75, 3.05) is 6.54 Å². The molecule has 0 atom stereocenters. The molecule has 1 N–H and O–H groups in total. The van der Waals surface area contributed by atoms with Gasteiger partial charge in [0.15, 0.2) is 0 Å². The lowest BCUT2D eigenvalue weighted by atomic mass is 10.1. The van der Waals surface area contributed by atoms with Gasteiger partial charge in [0.1, 0.15) is 0 Å². The van der Waals surface area contributed by atoms with E-state index < -0.39 is 0 Å². The third kappa shape index (κ3) is 3.58. The average molecular weight is 237 g/mol. The number of aromatic amines is 1. The number of aromatic nitrogens is 2. The number of rotatable bonds is 6. The van der Waals surface area contributed by atoms with Crippen molar-refractivity contribution in [3.05, 3.63) is 17.5 Å². The van der Waals surface area contributed by atoms with Crippen molar-refractivity contribution in [2.24, 2.45) is 0 Å². The summed E-state index contributed by atoms with van der Waals surface area (Å²) in [6.45, 7) is 8.99. The Morgan fingerprint density at radius 3 is 2.65 bits per heavy atom. The summed E-state index contributed by atoms with van der Waals surface area (Å²) < 4.78 is 0. The summed E-state index contributed by atoms with van der Waals surface area (Å²) in [6, 6.07) is 0.230. The highest BCUT2D eigenvalue weighted by molar-refractivity contribution is 5.95. The van der Waals surface area contributed by atoms with Gasteiger partial charge in [0.05, 0.1) is 11.8 Å². The normalized spacial score (nSPS) is 10.9. The van der Waals surface area contributed by atoms with Gasteiger partial charge in [-0.15, -0.1) is 0 Å². The van der Waals surface area contributed by atoms with E-state index in [-0.39, 0.29) is 11.9 Å². The highest BCUT2D eigenvalue weighted by Gasteiger charge is 2.20. The summed E-state index contributed by atoms with van der Waals surface area (Å²) in [7, 11) is 0. The van der Waals surface area contributed by atoms with Crippen LogP contribution < -0.4 is 0 Å². The van der Waals surface area contributed by atoms with Gasteiger partial charge in [-0.25, -0.2) is 0 Å². The molecule has 0 saturated heterocycles. The largest absolute Gasteiger partial charge is 0.336 e. The van der Waals surface area contributed by atoms with Crippen molar-refractivity contribution in [1.29, 1.82) is 0 Å². The highest BCUT2D eigenvalue weighted by Crippen LogP contribution is 2.12. The van der Waals surface area contributed by atoms with Gasteiger partial charge in [-0.3, -0.25) is 9.89 Å². The first-order valence-corrected chi connectivity index (χ1v) is 6.38. The van der Waals surface area contributed by atoms with E-state index in [9.17, 15) is 4.79 Å². The topological polar surface area (TPSA) is 49.0 Å². The maximum absolute atomic E-state index is 12.3. The standard InChI is InChI=1S/C13H23N3O/c1-5-6-7-8-16(10(2)3)13(17)12-9-14-15-11(12)4/h9-10H,5-8H2,1-4H3,(H,14,15). The number of amides is 1. The number of carbonyl (C=O) groups excluding carboxylic acids is 1. The van der Waals surface area contributed by atoms with Crippen molar-refractivity contribution >= 4 is 5.91 Å². The Kier molecular flexibility index (Phi) is 5.19. The molecule has 1 amide bonds. The molecule has 0 spiro atoms. The SMILES string of the molecule is CCCCCN(C(=O)c1cn[nH]c1C)C(C)C. The van der Waals surface area contributed by atoms with E-state index in [0.29, 0.717) is 5.56 Å². The van der Waals surface area contributed by atoms with Crippen LogP contribution in [0.5, 0.6) is 0 Å². The fraction of sp³-hybridized carbons (Fsp3) is 0.692. The predicted molar refractivity (Wildman–Crippen MR) is 69.0 cm³/mol. The van der Waals surface area contributed by atoms with Crippen molar-refractivity contribution in [2.45, 2.75) is 53.0 Å². The second-order valence-electron chi connectivity index (χ2n) is 4.71. The number of nitrogens with zero attached hydrogens (tertiary/aromatic N) is 2. The molecule has 4 heteroatoms. The molecule has 0 unspecified atom stereocenters. The van der Waals surface area contributed by atoms with E-state index in [4.69, 9.17) is 0 Å². The van der Waals surface area contributed by atoms with E-state index in [2.05, 4.69) is 31.0 Å². The number of hydrogen-bond donors (Lipinski definition) is 1. The molecular weight excluding hydrogens is 214 g/mol. The Morgan fingerprint density at radius 2 is 2.18 bits per heavy atom. The number of H-pyrrole nitrogens is 1. The minimum absolute atomic E-state index is 0.0855. The second-order valence-corrected chi connectivity index (χ2v) is 4.71. The van der Waals surface area contributed by atoms with Crippen LogP contribution in [0.4, 0.5) is 0 Å². The van der Waals surface area contributed by atoms with Gasteiger partial charge in [0, 0.05) is 18.3 Å². The van der Waals surface area contributed by atoms with Crippen molar-refractivity contribution < 1.29 is 4.79 Å². The molecule has 0 aliphatic heterocycles. The smallest absolute Gasteiger partial charge is 0.257 e. The molecule has 96 valence electrons. The number of aryl methyl sites for hydroxylation is 1. The lowest BCUT2D eigenvalue weighted by molar-refractivity contribution is 0.0701. The van der Waals surface area contributed by atoms with Gasteiger partial charge in [-0.05, 0) is 27.2 Å². The van der Waals surface area contributed by atoms with E-state index >= 15 is 0 Å². The first kappa shape index (κ1) is 13.7. The van der Waals surface area contributed by atoms with Gasteiger partial charge in [-0.2, -0.15) is 5.10 Å². The van der Waals surface area contributed by atoms with Crippen LogP contribution in [0.3, 0.4) is 0 Å². The first-order valence-electron chi connectivity index (χ1n) is 6.38. The van der Waals surface area contributed by atoms with Crippen LogP contribution in [0, 0.1) is 6.92 Å². The van der Waals surface area contributed by atoms with Crippen LogP contribution in [-0.4, -0.2) is 33.6 Å². The molecule has 0 bridgehead atoms. The van der Waals surface area contributed by atoms with Crippen LogP contribution in [0.15, 0.2) is 6.20 Å². The zero-order valence-electron chi connectivity index (χ0n) is 11.3. The fourth-order valence-corrected chi connectivity index (χ4v) is 1.85. The minimum atomic E-state index is 0.0855. The summed E-state index contributed by atoms with van der Waals surface area (Å²) in [4.78, 5) is 14.3. The van der Waals surface area contributed by atoms with Gasteiger partial charge >= 0.3 is 0 Å². The number of unbranched alkanes of at least 4 members (excludes halogenated alkanes) is 2. The monoisotopic (exact) mass is 237 g/mol. The average Bonchev–Trinajstić information content (AvgIpc) is 2.69. The summed E-state index contributed by atoms with van der Waals surface area (Å²) in [5.41, 5.74) is 1.53. The predicted octanol–water partition coefficient (Wildman–Crippen LogP) is 2.76. The quantitative estimate of drug-likeness (QED) is 0.773. The Morgan fingerprint density at radius 1 is 1.47 bits per heavy atom. The maximum atomic E-state index is 12.3. The Bertz CT molecular complexity index is 357. The van der Waals surface area contributed by atoms with Gasteiger partial charge in [0.25, 0.3) is 5.91 Å². The number of nitrogens with one attached hydrogen (secondary N) is 1.